The fourth-order valence-electron chi connectivity index (χ4n) is 3.66. The third kappa shape index (κ3) is 5.64. The van der Waals surface area contributed by atoms with Gasteiger partial charge in [0.25, 0.3) is 0 Å². The van der Waals surface area contributed by atoms with Gasteiger partial charge in [0, 0.05) is 24.7 Å². The zero-order valence-electron chi connectivity index (χ0n) is 17.5. The van der Waals surface area contributed by atoms with Gasteiger partial charge in [0.1, 0.15) is 5.54 Å². The van der Waals surface area contributed by atoms with Crippen molar-refractivity contribution in [2.24, 2.45) is 0 Å². The van der Waals surface area contributed by atoms with Gasteiger partial charge in [0.2, 0.25) is 21.8 Å². The van der Waals surface area contributed by atoms with Gasteiger partial charge in [-0.3, -0.25) is 9.59 Å². The van der Waals surface area contributed by atoms with E-state index in [4.69, 9.17) is 11.6 Å². The topological polar surface area (TPSA) is 86.8 Å². The molecule has 1 N–H and O–H groups in total. The Balaban J connectivity index is 1.81. The first-order chi connectivity index (χ1) is 14.6. The number of halogens is 1. The van der Waals surface area contributed by atoms with Crippen molar-refractivity contribution in [1.82, 2.24) is 14.5 Å². The summed E-state index contributed by atoms with van der Waals surface area (Å²) in [7, 11) is -3.63. The first-order valence-corrected chi connectivity index (χ1v) is 12.1. The molecule has 1 fully saturated rings. The molecule has 1 aliphatic rings. The second-order valence-corrected chi connectivity index (χ2v) is 10.3. The standard InChI is InChI=1S/C22H26ClN3O4S/c1-22(21(28)24-14-18-6-4-3-5-7-18)16-25(31(2,29)30)15-20(27)26(22)13-12-17-8-10-19(23)11-9-17/h3-11H,12-16H2,1-2H3,(H,24,28)/t22-/m1/s1. The van der Waals surface area contributed by atoms with Crippen LogP contribution in [0.3, 0.4) is 0 Å². The first-order valence-electron chi connectivity index (χ1n) is 9.92. The van der Waals surface area contributed by atoms with E-state index in [-0.39, 0.29) is 26.2 Å². The predicted octanol–water partition coefficient (Wildman–Crippen LogP) is 2.06. The number of amides is 2. The summed E-state index contributed by atoms with van der Waals surface area (Å²) in [6.45, 7) is 1.81. The van der Waals surface area contributed by atoms with Gasteiger partial charge in [-0.2, -0.15) is 4.31 Å². The Morgan fingerprint density at radius 1 is 1.10 bits per heavy atom. The van der Waals surface area contributed by atoms with Crippen molar-refractivity contribution in [2.45, 2.75) is 25.4 Å². The molecule has 3 rings (SSSR count). The van der Waals surface area contributed by atoms with Gasteiger partial charge in [-0.25, -0.2) is 8.42 Å². The minimum absolute atomic E-state index is 0.0984. The van der Waals surface area contributed by atoms with Crippen LogP contribution >= 0.6 is 11.6 Å². The monoisotopic (exact) mass is 463 g/mol. The van der Waals surface area contributed by atoms with Crippen molar-refractivity contribution in [3.05, 3.63) is 70.7 Å². The number of piperazine rings is 1. The van der Waals surface area contributed by atoms with Gasteiger partial charge < -0.3 is 10.2 Å². The van der Waals surface area contributed by atoms with Crippen molar-refractivity contribution in [1.29, 1.82) is 0 Å². The molecule has 1 aliphatic heterocycles. The number of sulfonamides is 1. The molecular weight excluding hydrogens is 438 g/mol. The van der Waals surface area contributed by atoms with Gasteiger partial charge >= 0.3 is 0 Å². The van der Waals surface area contributed by atoms with Crippen LogP contribution in [0.4, 0.5) is 0 Å². The zero-order valence-corrected chi connectivity index (χ0v) is 19.1. The zero-order chi connectivity index (χ0) is 22.6. The summed E-state index contributed by atoms with van der Waals surface area (Å²) >= 11 is 5.93. The second-order valence-electron chi connectivity index (χ2n) is 7.90. The van der Waals surface area contributed by atoms with E-state index in [1.807, 2.05) is 42.5 Å². The Labute approximate surface area is 188 Å². The molecule has 9 heteroatoms. The van der Waals surface area contributed by atoms with E-state index in [1.54, 1.807) is 19.1 Å². The molecule has 0 aliphatic carbocycles. The molecule has 2 amide bonds. The van der Waals surface area contributed by atoms with Crippen molar-refractivity contribution in [3.63, 3.8) is 0 Å². The van der Waals surface area contributed by atoms with Crippen LogP contribution in [0, 0.1) is 0 Å². The van der Waals surface area contributed by atoms with Gasteiger partial charge in [-0.1, -0.05) is 54.1 Å². The highest BCUT2D eigenvalue weighted by Gasteiger charge is 2.49. The highest BCUT2D eigenvalue weighted by Crippen LogP contribution is 2.25. The Morgan fingerprint density at radius 3 is 2.35 bits per heavy atom. The van der Waals surface area contributed by atoms with Gasteiger partial charge in [-0.05, 0) is 36.6 Å². The van der Waals surface area contributed by atoms with Crippen LogP contribution < -0.4 is 5.32 Å². The molecule has 7 nitrogen and oxygen atoms in total. The average molecular weight is 464 g/mol. The highest BCUT2D eigenvalue weighted by molar-refractivity contribution is 7.88. The molecule has 1 saturated heterocycles. The molecule has 0 radical (unpaired) electrons. The minimum Gasteiger partial charge on any atom is -0.350 e. The maximum atomic E-state index is 13.2. The highest BCUT2D eigenvalue weighted by atomic mass is 35.5. The van der Waals surface area contributed by atoms with Crippen LogP contribution in [0.25, 0.3) is 0 Å². The van der Waals surface area contributed by atoms with E-state index in [9.17, 15) is 18.0 Å². The lowest BCUT2D eigenvalue weighted by Crippen LogP contribution is -2.69. The summed E-state index contributed by atoms with van der Waals surface area (Å²) in [5, 5.41) is 3.48. The SMILES string of the molecule is C[C@]1(C(=O)NCc2ccccc2)CN(S(C)(=O)=O)CC(=O)N1CCc1ccc(Cl)cc1. The Bertz CT molecular complexity index is 1040. The molecule has 166 valence electrons. The molecule has 0 saturated carbocycles. The van der Waals surface area contributed by atoms with Crippen LogP contribution in [0.15, 0.2) is 54.6 Å². The molecule has 2 aromatic carbocycles. The first kappa shape index (κ1) is 23.2. The van der Waals surface area contributed by atoms with Crippen LogP contribution in [0.2, 0.25) is 5.02 Å². The van der Waals surface area contributed by atoms with E-state index >= 15 is 0 Å². The lowest BCUT2D eigenvalue weighted by molar-refractivity contribution is -0.152. The number of benzene rings is 2. The van der Waals surface area contributed by atoms with E-state index in [0.717, 1.165) is 21.7 Å². The van der Waals surface area contributed by atoms with Gasteiger partial charge in [0.05, 0.1) is 12.8 Å². The van der Waals surface area contributed by atoms with Crippen LogP contribution in [-0.2, 0) is 32.6 Å². The molecule has 0 aromatic heterocycles. The summed E-state index contributed by atoms with van der Waals surface area (Å²) in [6.07, 6.45) is 1.56. The molecule has 1 heterocycles. The largest absolute Gasteiger partial charge is 0.350 e. The Morgan fingerprint density at radius 2 is 1.74 bits per heavy atom. The molecule has 0 bridgehead atoms. The molecular formula is C22H26ClN3O4S. The van der Waals surface area contributed by atoms with E-state index in [1.165, 1.54) is 4.90 Å². The fourth-order valence-corrected chi connectivity index (χ4v) is 4.61. The summed E-state index contributed by atoms with van der Waals surface area (Å²) in [5.74, 6) is -0.794. The Hall–Kier alpha value is -2.42. The van der Waals surface area contributed by atoms with E-state index < -0.39 is 27.4 Å². The van der Waals surface area contributed by atoms with Crippen LogP contribution in [0.5, 0.6) is 0 Å². The van der Waals surface area contributed by atoms with E-state index in [2.05, 4.69) is 5.32 Å². The molecule has 0 unspecified atom stereocenters. The fraction of sp³-hybridized carbons (Fsp3) is 0.364. The normalized spacial score (nSPS) is 20.0. The molecule has 0 spiro atoms. The molecule has 31 heavy (non-hydrogen) atoms. The minimum atomic E-state index is -3.63. The Kier molecular flexibility index (Phi) is 7.03. The van der Waals surface area contributed by atoms with Gasteiger partial charge in [-0.15, -0.1) is 0 Å². The summed E-state index contributed by atoms with van der Waals surface area (Å²) in [4.78, 5) is 27.7. The lowest BCUT2D eigenvalue weighted by Gasteiger charge is -2.46. The predicted molar refractivity (Wildman–Crippen MR) is 120 cm³/mol. The number of hydrogen-bond acceptors (Lipinski definition) is 4. The van der Waals surface area contributed by atoms with Gasteiger partial charge in [0.15, 0.2) is 0 Å². The quantitative estimate of drug-likeness (QED) is 0.681. The molecule has 2 aromatic rings. The average Bonchev–Trinajstić information content (AvgIpc) is 2.72. The maximum Gasteiger partial charge on any atom is 0.247 e. The number of carbonyl (C=O) groups is 2. The molecule has 1 atom stereocenters. The maximum absolute atomic E-state index is 13.2. The third-order valence-electron chi connectivity index (χ3n) is 5.48. The summed E-state index contributed by atoms with van der Waals surface area (Å²) in [5.41, 5.74) is 0.545. The van der Waals surface area contributed by atoms with Crippen molar-refractivity contribution >= 4 is 33.4 Å². The third-order valence-corrected chi connectivity index (χ3v) is 6.93. The lowest BCUT2D eigenvalue weighted by atomic mass is 9.94. The number of hydrogen-bond donors (Lipinski definition) is 1. The summed E-state index contributed by atoms with van der Waals surface area (Å²) in [6, 6.07) is 16.7. The number of rotatable bonds is 7. The van der Waals surface area contributed by atoms with Crippen LogP contribution in [-0.4, -0.2) is 60.9 Å². The number of carbonyl (C=O) groups excluding carboxylic acids is 2. The van der Waals surface area contributed by atoms with Crippen LogP contribution in [0.1, 0.15) is 18.1 Å². The van der Waals surface area contributed by atoms with Crippen molar-refractivity contribution < 1.29 is 18.0 Å². The number of nitrogens with zero attached hydrogens (tertiary/aromatic N) is 2. The van der Waals surface area contributed by atoms with Crippen molar-refractivity contribution in [2.75, 3.05) is 25.9 Å². The smallest absolute Gasteiger partial charge is 0.247 e. The van der Waals surface area contributed by atoms with Crippen molar-refractivity contribution in [3.8, 4) is 0 Å². The number of nitrogens with one attached hydrogen (secondary N) is 1. The van der Waals surface area contributed by atoms with E-state index in [0.29, 0.717) is 11.4 Å². The second kappa shape index (κ2) is 9.38. The summed E-state index contributed by atoms with van der Waals surface area (Å²) < 4.78 is 25.4.